The highest BCUT2D eigenvalue weighted by atomic mass is 19.4. The summed E-state index contributed by atoms with van der Waals surface area (Å²) in [7, 11) is 1.35. The van der Waals surface area contributed by atoms with Gasteiger partial charge < -0.3 is 14.2 Å². The Bertz CT molecular complexity index is 962. The van der Waals surface area contributed by atoms with Crippen molar-refractivity contribution in [2.45, 2.75) is 12.3 Å². The third-order valence-corrected chi connectivity index (χ3v) is 3.54. The largest absolute Gasteiger partial charge is 0.468 e. The van der Waals surface area contributed by atoms with Gasteiger partial charge in [0.2, 0.25) is 11.7 Å². The zero-order chi connectivity index (χ0) is 21.1. The molecule has 8 nitrogen and oxygen atoms in total. The van der Waals surface area contributed by atoms with Crippen LogP contribution < -0.4 is 4.74 Å². The van der Waals surface area contributed by atoms with Gasteiger partial charge in [-0.3, -0.25) is 9.38 Å². The number of hydrogen-bond donors (Lipinski definition) is 0. The molecular formula is C16H14F5N5O3. The molecule has 0 radical (unpaired) electrons. The number of aromatic nitrogens is 5. The fourth-order valence-corrected chi connectivity index (χ4v) is 2.24. The molecule has 3 aromatic rings. The Morgan fingerprint density at radius 3 is 2.45 bits per heavy atom. The summed E-state index contributed by atoms with van der Waals surface area (Å²) < 4.78 is 79.8. The second-order valence-corrected chi connectivity index (χ2v) is 5.67. The van der Waals surface area contributed by atoms with Crippen LogP contribution in [0.2, 0.25) is 0 Å². The summed E-state index contributed by atoms with van der Waals surface area (Å²) in [5.74, 6) is -0.999. The van der Waals surface area contributed by atoms with Crippen LogP contribution in [0.15, 0.2) is 30.7 Å². The first-order chi connectivity index (χ1) is 13.7. The van der Waals surface area contributed by atoms with Gasteiger partial charge in [0.25, 0.3) is 0 Å². The maximum absolute atomic E-state index is 14.3. The molecule has 0 saturated carbocycles. The normalized spacial score (nSPS) is 12.5. The number of methoxy groups -OCH3 is 1. The third kappa shape index (κ3) is 5.12. The van der Waals surface area contributed by atoms with Gasteiger partial charge in [-0.25, -0.2) is 4.98 Å². The lowest BCUT2D eigenvalue weighted by Gasteiger charge is -2.15. The van der Waals surface area contributed by atoms with Crippen LogP contribution >= 0.6 is 0 Å². The van der Waals surface area contributed by atoms with Crippen LogP contribution in [-0.2, 0) is 15.6 Å². The van der Waals surface area contributed by atoms with E-state index in [1.54, 1.807) is 0 Å². The fraction of sp³-hybridized carbons (Fsp3) is 0.375. The Kier molecular flexibility index (Phi) is 5.88. The van der Waals surface area contributed by atoms with Gasteiger partial charge in [-0.05, 0) is 6.07 Å². The molecule has 0 aliphatic heterocycles. The molecule has 0 bridgehead atoms. The van der Waals surface area contributed by atoms with Crippen LogP contribution in [0.1, 0.15) is 5.82 Å². The number of halogens is 5. The number of nitrogens with zero attached hydrogens (tertiary/aromatic N) is 5. The number of alkyl halides is 5. The van der Waals surface area contributed by atoms with E-state index in [1.165, 1.54) is 37.8 Å². The Morgan fingerprint density at radius 2 is 1.79 bits per heavy atom. The topological polar surface area (TPSA) is 83.7 Å². The molecule has 0 aliphatic rings. The van der Waals surface area contributed by atoms with Crippen LogP contribution in [-0.4, -0.2) is 57.7 Å². The Morgan fingerprint density at radius 1 is 1.00 bits per heavy atom. The van der Waals surface area contributed by atoms with E-state index in [2.05, 4.69) is 34.4 Å². The zero-order valence-electron chi connectivity index (χ0n) is 14.9. The molecule has 3 heterocycles. The summed E-state index contributed by atoms with van der Waals surface area (Å²) in [6, 6.07) is 2.60. The average Bonchev–Trinajstić information content (AvgIpc) is 3.10. The van der Waals surface area contributed by atoms with Crippen molar-refractivity contribution in [1.29, 1.82) is 0 Å². The van der Waals surface area contributed by atoms with Gasteiger partial charge in [0.1, 0.15) is 0 Å². The fourth-order valence-electron chi connectivity index (χ4n) is 2.24. The van der Waals surface area contributed by atoms with Crippen molar-refractivity contribution < 1.29 is 36.2 Å². The summed E-state index contributed by atoms with van der Waals surface area (Å²) in [6.07, 6.45) is -4.56. The minimum absolute atomic E-state index is 0.0342. The predicted octanol–water partition coefficient (Wildman–Crippen LogP) is 2.84. The molecule has 29 heavy (non-hydrogen) atoms. The smallest absolute Gasteiger partial charge is 0.422 e. The second kappa shape index (κ2) is 8.21. The van der Waals surface area contributed by atoms with Crippen molar-refractivity contribution in [2.75, 3.05) is 26.9 Å². The van der Waals surface area contributed by atoms with Gasteiger partial charge in [-0.1, -0.05) is 0 Å². The quantitative estimate of drug-likeness (QED) is 0.410. The van der Waals surface area contributed by atoms with E-state index in [0.29, 0.717) is 5.56 Å². The van der Waals surface area contributed by atoms with Gasteiger partial charge >= 0.3 is 12.3 Å². The Hall–Kier alpha value is -2.93. The first kappa shape index (κ1) is 20.8. The zero-order valence-corrected chi connectivity index (χ0v) is 14.9. The van der Waals surface area contributed by atoms with Crippen LogP contribution in [0, 0.1) is 0 Å². The van der Waals surface area contributed by atoms with Crippen molar-refractivity contribution in [3.05, 3.63) is 36.5 Å². The molecule has 3 rings (SSSR count). The molecule has 13 heteroatoms. The molecule has 0 atom stereocenters. The number of fused-ring (bicyclic) bond motifs is 1. The first-order valence-corrected chi connectivity index (χ1v) is 8.07. The van der Waals surface area contributed by atoms with Gasteiger partial charge in [0, 0.05) is 31.1 Å². The van der Waals surface area contributed by atoms with Crippen molar-refractivity contribution >= 4 is 5.65 Å². The molecule has 156 valence electrons. The van der Waals surface area contributed by atoms with E-state index < -0.39 is 24.7 Å². The van der Waals surface area contributed by atoms with Gasteiger partial charge in [-0.2, -0.15) is 22.0 Å². The lowest BCUT2D eigenvalue weighted by atomic mass is 10.2. The molecule has 0 fully saturated rings. The molecule has 3 aromatic heterocycles. The molecule has 0 aliphatic carbocycles. The van der Waals surface area contributed by atoms with E-state index in [1.807, 2.05) is 0 Å². The summed E-state index contributed by atoms with van der Waals surface area (Å²) in [5.41, 5.74) is 0.618. The minimum Gasteiger partial charge on any atom is -0.468 e. The van der Waals surface area contributed by atoms with Crippen molar-refractivity contribution in [1.82, 2.24) is 24.6 Å². The second-order valence-electron chi connectivity index (χ2n) is 5.67. The Labute approximate surface area is 160 Å². The van der Waals surface area contributed by atoms with E-state index in [0.717, 1.165) is 4.40 Å². The van der Waals surface area contributed by atoms with E-state index in [4.69, 9.17) is 0 Å². The van der Waals surface area contributed by atoms with Crippen LogP contribution in [0.4, 0.5) is 22.0 Å². The van der Waals surface area contributed by atoms with Gasteiger partial charge in [0.05, 0.1) is 25.1 Å². The minimum atomic E-state index is -4.49. The molecule has 0 N–H and O–H groups in total. The highest BCUT2D eigenvalue weighted by molar-refractivity contribution is 5.59. The standard InChI is InChI=1S/C16H14F5N5O3/c1-27-4-5-29-16(20,21)14-25-24-12-7-22-11(8-26(12)14)10-2-3-13(23-6-10)28-9-15(17,18)19/h2-3,6-8H,4-5,9H2,1H3. The number of pyridine rings is 1. The van der Waals surface area contributed by atoms with Crippen LogP contribution in [0.3, 0.4) is 0 Å². The number of rotatable bonds is 8. The molecular weight excluding hydrogens is 405 g/mol. The lowest BCUT2D eigenvalue weighted by Crippen LogP contribution is -2.23. The molecule has 0 unspecified atom stereocenters. The summed E-state index contributed by atoms with van der Waals surface area (Å²) in [4.78, 5) is 7.83. The monoisotopic (exact) mass is 419 g/mol. The van der Waals surface area contributed by atoms with Gasteiger partial charge in [-0.15, -0.1) is 10.2 Å². The highest BCUT2D eigenvalue weighted by Crippen LogP contribution is 2.29. The number of hydrogen-bond acceptors (Lipinski definition) is 7. The summed E-state index contributed by atoms with van der Waals surface area (Å²) in [5, 5.41) is 7.08. The highest BCUT2D eigenvalue weighted by Gasteiger charge is 2.38. The van der Waals surface area contributed by atoms with E-state index >= 15 is 0 Å². The summed E-state index contributed by atoms with van der Waals surface area (Å²) in [6.45, 7) is -1.88. The van der Waals surface area contributed by atoms with Crippen molar-refractivity contribution in [2.24, 2.45) is 0 Å². The predicted molar refractivity (Wildman–Crippen MR) is 87.3 cm³/mol. The molecule has 0 amide bonds. The maximum Gasteiger partial charge on any atom is 0.422 e. The average molecular weight is 419 g/mol. The molecule has 0 aromatic carbocycles. The van der Waals surface area contributed by atoms with Crippen molar-refractivity contribution in [3.63, 3.8) is 0 Å². The van der Waals surface area contributed by atoms with E-state index in [-0.39, 0.29) is 30.4 Å². The summed E-state index contributed by atoms with van der Waals surface area (Å²) >= 11 is 0. The van der Waals surface area contributed by atoms with E-state index in [9.17, 15) is 22.0 Å². The maximum atomic E-state index is 14.3. The molecule has 0 saturated heterocycles. The van der Waals surface area contributed by atoms with Gasteiger partial charge in [0.15, 0.2) is 12.3 Å². The lowest BCUT2D eigenvalue weighted by molar-refractivity contribution is -0.258. The first-order valence-electron chi connectivity index (χ1n) is 8.07. The van der Waals surface area contributed by atoms with Crippen LogP contribution in [0.25, 0.3) is 16.9 Å². The van der Waals surface area contributed by atoms with Crippen LogP contribution in [0.5, 0.6) is 5.88 Å². The molecule has 0 spiro atoms. The number of ether oxygens (including phenoxy) is 3. The van der Waals surface area contributed by atoms with Crippen molar-refractivity contribution in [3.8, 4) is 17.1 Å². The Balaban J connectivity index is 1.84. The third-order valence-electron chi connectivity index (χ3n) is 3.54. The SMILES string of the molecule is COCCOC(F)(F)c1nnc2cnc(-c3ccc(OCC(F)(F)F)nc3)cn12.